The number of thiophene rings is 3. The van der Waals surface area contributed by atoms with E-state index in [0.29, 0.717) is 9.75 Å². The van der Waals surface area contributed by atoms with Crippen molar-refractivity contribution in [1.29, 1.82) is 10.5 Å². The zero-order valence-corrected chi connectivity index (χ0v) is 54.9. The molecule has 0 bridgehead atoms. The molecule has 0 aliphatic carbocycles. The van der Waals surface area contributed by atoms with Crippen molar-refractivity contribution < 1.29 is 29.4 Å². The predicted octanol–water partition coefficient (Wildman–Crippen LogP) is 22.0. The highest BCUT2D eigenvalue weighted by Gasteiger charge is 2.22. The number of carbonyl (C=O) groups is 2. The lowest BCUT2D eigenvalue weighted by molar-refractivity contribution is -0.191. The summed E-state index contributed by atoms with van der Waals surface area (Å²) in [6.45, 7) is 13.6. The molecule has 13 nitrogen and oxygen atoms in total. The highest BCUT2D eigenvalue weighted by atomic mass is 32.1. The number of carboxylic acids is 2. The Morgan fingerprint density at radius 3 is 0.969 bits per heavy atom. The minimum atomic E-state index is -1.26. The second kappa shape index (κ2) is 30.4. The minimum Gasteiger partial charge on any atom is -0.486 e. The number of aryl methyl sites for hydroxylation is 3. The first-order valence-electron chi connectivity index (χ1n) is 30.3. The fourth-order valence-electron chi connectivity index (χ4n) is 11.1. The third-order valence-electron chi connectivity index (χ3n) is 15.6. The molecule has 3 heterocycles. The summed E-state index contributed by atoms with van der Waals surface area (Å²) in [5, 5.41) is 37.5. The van der Waals surface area contributed by atoms with Crippen LogP contribution in [0.2, 0.25) is 0 Å². The molecule has 0 radical (unpaired) electrons. The van der Waals surface area contributed by atoms with Gasteiger partial charge in [0.05, 0.1) is 12.6 Å². The fourth-order valence-corrected chi connectivity index (χ4v) is 13.9. The number of hydrogen-bond donors (Lipinski definition) is 2. The Balaban J connectivity index is 0.00000312. The molecule has 0 amide bonds. The van der Waals surface area contributed by atoms with Gasteiger partial charge in [-0.2, -0.15) is 20.1 Å². The number of carboxylic acid groups (broad SMARTS) is 2. The topological polar surface area (TPSA) is 174 Å². The molecule has 0 aliphatic heterocycles. The second-order valence-corrected chi connectivity index (χ2v) is 25.5. The molecule has 0 atom stereocenters. The number of allylic oxidation sites excluding steroid dienone is 1. The van der Waals surface area contributed by atoms with Crippen LogP contribution in [0, 0.1) is 50.0 Å². The Labute approximate surface area is 573 Å². The maximum absolute atomic E-state index is 11.6. The molecule has 0 unspecified atom stereocenters. The first kappa shape index (κ1) is 65.8. The lowest BCUT2D eigenvalue weighted by Crippen LogP contribution is -2.14. The summed E-state index contributed by atoms with van der Waals surface area (Å²) in [7, 11) is 0. The van der Waals surface area contributed by atoms with Crippen LogP contribution in [-0.2, 0) is 19.2 Å². The third kappa shape index (κ3) is 15.5. The minimum absolute atomic E-state index is 0.250. The smallest absolute Gasteiger partial charge is 0.373 e. The third-order valence-corrected chi connectivity index (χ3v) is 18.8. The Morgan fingerprint density at radius 2 is 0.691 bits per heavy atom. The number of rotatable bonds is 20. The Morgan fingerprint density at radius 1 is 0.402 bits per heavy atom. The zero-order chi connectivity index (χ0) is 68.0. The summed E-state index contributed by atoms with van der Waals surface area (Å²) in [4.78, 5) is 57.0. The number of hydrogen-bond acceptors (Lipinski definition) is 13. The molecule has 470 valence electrons. The Kier molecular flexibility index (Phi) is 20.6. The first-order valence-corrected chi connectivity index (χ1v) is 32.7. The highest BCUT2D eigenvalue weighted by Crippen LogP contribution is 2.45. The van der Waals surface area contributed by atoms with Crippen molar-refractivity contribution in [3.8, 4) is 43.5 Å². The maximum atomic E-state index is 11.6. The van der Waals surface area contributed by atoms with Crippen molar-refractivity contribution in [2.24, 2.45) is 0 Å². The molecule has 12 aromatic rings. The van der Waals surface area contributed by atoms with Crippen molar-refractivity contribution in [2.75, 3.05) is 19.6 Å². The molecular formula is C81H57N7O6S3. The van der Waals surface area contributed by atoms with E-state index in [0.717, 1.165) is 121 Å². The van der Waals surface area contributed by atoms with Gasteiger partial charge in [0, 0.05) is 104 Å². The number of benzene rings is 9. The van der Waals surface area contributed by atoms with E-state index in [1.165, 1.54) is 40.9 Å². The summed E-state index contributed by atoms with van der Waals surface area (Å²) < 4.78 is 0. The second-order valence-electron chi connectivity index (χ2n) is 22.1. The molecule has 2 N–H and O–H groups in total. The molecule has 9 aromatic carbocycles. The monoisotopic (exact) mass is 1320 g/mol. The SMILES string of the molecule is O=C=O.[C-]#[N+]/C(=C/c1ccc(-c2ccc(N(c3ccc(N(c4ccc(N(c5ccc(-c6ccc(/C=C\C#N)s6)cc5)c5cccc(C)c5)cc4)c4ccc(N(c5ccc(-c6ccc(/C=C(/C#N)C(=O)O)s6)cc5)c5cccc(C)c5)cc4)cc3)c3cccc(C)c3)cc2)s1)C(=O)O. The Bertz CT molecular complexity index is 4880. The molecule has 0 fully saturated rings. The molecular weight excluding hydrogens is 1260 g/mol. The molecule has 0 saturated heterocycles. The van der Waals surface area contributed by atoms with E-state index in [1.54, 1.807) is 17.4 Å². The summed E-state index contributed by atoms with van der Waals surface area (Å²) in [6.07, 6.45) is 6.39. The van der Waals surface area contributed by atoms with Gasteiger partial charge in [0.1, 0.15) is 11.6 Å². The van der Waals surface area contributed by atoms with Gasteiger partial charge < -0.3 is 29.8 Å². The van der Waals surface area contributed by atoms with Crippen LogP contribution < -0.4 is 19.6 Å². The summed E-state index contributed by atoms with van der Waals surface area (Å²) in [5.74, 6) is -2.52. The molecule has 16 heteroatoms. The van der Waals surface area contributed by atoms with Gasteiger partial charge in [0.2, 0.25) is 0 Å². The van der Waals surface area contributed by atoms with Gasteiger partial charge in [-0.1, -0.05) is 72.8 Å². The average molecular weight is 1320 g/mol. The van der Waals surface area contributed by atoms with E-state index >= 15 is 0 Å². The molecule has 12 rings (SSSR count). The molecule has 0 saturated carbocycles. The van der Waals surface area contributed by atoms with Crippen LogP contribution >= 0.6 is 34.0 Å². The van der Waals surface area contributed by atoms with Gasteiger partial charge in [-0.3, -0.25) is 4.79 Å². The van der Waals surface area contributed by atoms with E-state index in [-0.39, 0.29) is 17.4 Å². The molecule has 97 heavy (non-hydrogen) atoms. The normalized spacial score (nSPS) is 11.1. The standard InChI is InChI=1S/C80H57N7O4S3.CO2/c1-53-9-5-12-69(47-53)85(60-22-16-56(17-23-60)76-43-40-72(92-76)15-8-46-81)66-34-28-63(29-35-66)84(64-30-36-67(37-31-64)86(70-13-6-10-54(2)48-70)61-24-18-57(19-25-61)77-44-41-73(93-77)50-59(52-82)79(88)89)65-32-38-68(39-33-65)87(71-14-7-11-55(3)49-71)62-26-20-58(21-27-62)78-45-42-74(94-78)51-75(83-4)80(90)91;2-1-3/h5-45,47-51H,1-3H3,(H,88,89)(H,90,91);/b15-8-,59-50-,75-51+;. The number of nitriles is 2. The van der Waals surface area contributed by atoms with Crippen LogP contribution in [-0.4, -0.2) is 28.3 Å². The molecule has 3 aromatic heterocycles. The van der Waals surface area contributed by atoms with Gasteiger partial charge in [0.25, 0.3) is 5.70 Å². The number of carbonyl (C=O) groups excluding carboxylic acids is 2. The lowest BCUT2D eigenvalue weighted by Gasteiger charge is -2.30. The Hall–Kier alpha value is -12.7. The fraction of sp³-hybridized carbons (Fsp3) is 0.0370. The van der Waals surface area contributed by atoms with Crippen molar-refractivity contribution in [3.05, 3.63) is 315 Å². The molecule has 0 spiro atoms. The molecule has 0 aliphatic rings. The number of nitrogens with zero attached hydrogens (tertiary/aromatic N) is 7. The van der Waals surface area contributed by atoms with E-state index in [2.05, 4.69) is 276 Å². The van der Waals surface area contributed by atoms with Gasteiger partial charge in [-0.15, -0.1) is 34.0 Å². The van der Waals surface area contributed by atoms with E-state index in [4.69, 9.17) is 21.4 Å². The van der Waals surface area contributed by atoms with E-state index < -0.39 is 11.9 Å². The predicted molar refractivity (Wildman–Crippen MR) is 392 cm³/mol. The van der Waals surface area contributed by atoms with E-state index in [1.807, 2.05) is 36.4 Å². The van der Waals surface area contributed by atoms with E-state index in [9.17, 15) is 25.1 Å². The van der Waals surface area contributed by atoms with Crippen LogP contribution in [0.25, 0.3) is 54.4 Å². The summed E-state index contributed by atoms with van der Waals surface area (Å²) in [6, 6.07) is 92.0. The van der Waals surface area contributed by atoms with Crippen LogP contribution in [0.4, 0.5) is 68.2 Å². The summed E-state index contributed by atoms with van der Waals surface area (Å²) in [5.41, 5.74) is 17.2. The highest BCUT2D eigenvalue weighted by molar-refractivity contribution is 7.17. The van der Waals surface area contributed by atoms with Gasteiger partial charge in [-0.05, 0) is 254 Å². The largest absolute Gasteiger partial charge is 0.486 e. The van der Waals surface area contributed by atoms with Crippen molar-refractivity contribution >= 4 is 139 Å². The van der Waals surface area contributed by atoms with Gasteiger partial charge >= 0.3 is 18.1 Å². The average Bonchev–Trinajstić information content (AvgIpc) is 1.40. The zero-order valence-electron chi connectivity index (χ0n) is 52.4. The number of aliphatic carboxylic acids is 2. The van der Waals surface area contributed by atoms with Crippen molar-refractivity contribution in [1.82, 2.24) is 0 Å². The van der Waals surface area contributed by atoms with Gasteiger partial charge in [0.15, 0.2) is 0 Å². The van der Waals surface area contributed by atoms with Gasteiger partial charge in [-0.25, -0.2) is 9.64 Å². The van der Waals surface area contributed by atoms with Crippen LogP contribution in [0.1, 0.15) is 31.3 Å². The summed E-state index contributed by atoms with van der Waals surface area (Å²) >= 11 is 4.49. The quantitative estimate of drug-likeness (QED) is 0.0421. The first-order chi connectivity index (χ1) is 47.2. The lowest BCUT2D eigenvalue weighted by atomic mass is 10.1. The maximum Gasteiger partial charge on any atom is 0.373 e. The number of anilines is 12. The van der Waals surface area contributed by atoms with Crippen LogP contribution in [0.5, 0.6) is 0 Å². The van der Waals surface area contributed by atoms with Crippen molar-refractivity contribution in [2.45, 2.75) is 20.8 Å². The van der Waals surface area contributed by atoms with Crippen molar-refractivity contribution in [3.63, 3.8) is 0 Å². The van der Waals surface area contributed by atoms with Crippen LogP contribution in [0.3, 0.4) is 0 Å². The van der Waals surface area contributed by atoms with Crippen LogP contribution in [0.15, 0.2) is 272 Å².